The van der Waals surface area contributed by atoms with Crippen LogP contribution in [0, 0.1) is 23.7 Å². The fourth-order valence-corrected chi connectivity index (χ4v) is 2.20. The number of hydrogen-bond donors (Lipinski definition) is 4. The number of H-pyrrole nitrogens is 1. The number of aromatic amines is 1. The van der Waals surface area contributed by atoms with E-state index in [1.165, 1.54) is 6.92 Å². The minimum absolute atomic E-state index is 0.0309. The van der Waals surface area contributed by atoms with Gasteiger partial charge in [-0.15, -0.1) is 0 Å². The van der Waals surface area contributed by atoms with Crippen molar-refractivity contribution in [3.63, 3.8) is 0 Å². The Morgan fingerprint density at radius 2 is 2.09 bits per heavy atom. The Kier molecular flexibility index (Phi) is 6.95. The molecule has 0 saturated carbocycles. The number of aryl methyl sites for hydroxylation is 1. The standard InChI is InChI=1S/C16H27N5O/c1-5-10(2)7-6-8-13(14-9-19-12(4)20-14)21-16(22)15(18)11(3)17/h9-10,13,17-18H,5-8H2,1-4H3,(H,19,20)(H,21,22). The third kappa shape index (κ3) is 5.42. The lowest BCUT2D eigenvalue weighted by Crippen LogP contribution is -2.37. The van der Waals surface area contributed by atoms with Crippen LogP contribution in [-0.2, 0) is 4.79 Å². The molecule has 22 heavy (non-hydrogen) atoms. The molecule has 1 aromatic rings. The highest BCUT2D eigenvalue weighted by molar-refractivity contribution is 6.64. The molecule has 1 amide bonds. The van der Waals surface area contributed by atoms with Crippen LogP contribution in [0.3, 0.4) is 0 Å². The molecule has 1 heterocycles. The quantitative estimate of drug-likeness (QED) is 0.526. The maximum Gasteiger partial charge on any atom is 0.271 e. The summed E-state index contributed by atoms with van der Waals surface area (Å²) in [6, 6.07) is -0.197. The number of imidazole rings is 1. The van der Waals surface area contributed by atoms with Crippen molar-refractivity contribution in [2.24, 2.45) is 5.92 Å². The van der Waals surface area contributed by atoms with Gasteiger partial charge in [0.1, 0.15) is 11.5 Å². The van der Waals surface area contributed by atoms with E-state index in [4.69, 9.17) is 10.8 Å². The molecule has 0 aliphatic carbocycles. The molecule has 0 spiro atoms. The Morgan fingerprint density at radius 1 is 1.41 bits per heavy atom. The van der Waals surface area contributed by atoms with Crippen molar-refractivity contribution >= 4 is 17.3 Å². The molecular formula is C16H27N5O. The van der Waals surface area contributed by atoms with Gasteiger partial charge >= 0.3 is 0 Å². The van der Waals surface area contributed by atoms with Gasteiger partial charge in [-0.2, -0.15) is 0 Å². The van der Waals surface area contributed by atoms with E-state index < -0.39 is 5.91 Å². The molecule has 0 bridgehead atoms. The number of nitrogens with one attached hydrogen (secondary N) is 4. The molecule has 0 aliphatic rings. The molecule has 2 unspecified atom stereocenters. The average Bonchev–Trinajstić information content (AvgIpc) is 2.91. The van der Waals surface area contributed by atoms with Gasteiger partial charge in [0, 0.05) is 0 Å². The van der Waals surface area contributed by atoms with Gasteiger partial charge < -0.3 is 15.7 Å². The Labute approximate surface area is 132 Å². The van der Waals surface area contributed by atoms with E-state index in [1.807, 2.05) is 6.92 Å². The van der Waals surface area contributed by atoms with Crippen molar-refractivity contribution in [3.05, 3.63) is 17.7 Å². The number of rotatable bonds is 9. The normalized spacial score (nSPS) is 13.5. The smallest absolute Gasteiger partial charge is 0.271 e. The summed E-state index contributed by atoms with van der Waals surface area (Å²) in [5.41, 5.74) is 0.533. The number of carbonyl (C=O) groups excluding carboxylic acids is 1. The van der Waals surface area contributed by atoms with Crippen LogP contribution in [0.5, 0.6) is 0 Å². The SMILES string of the molecule is CCC(C)CCCC(NC(=O)C(=N)C(C)=N)c1cnc(C)[nH]1. The molecule has 0 fully saturated rings. The number of hydrogen-bond acceptors (Lipinski definition) is 4. The number of nitrogens with zero attached hydrogens (tertiary/aromatic N) is 1. The Balaban J connectivity index is 2.72. The summed E-state index contributed by atoms with van der Waals surface area (Å²) < 4.78 is 0. The first kappa shape index (κ1) is 18.1. The van der Waals surface area contributed by atoms with Crippen LogP contribution in [0.4, 0.5) is 0 Å². The second-order valence-corrected chi connectivity index (χ2v) is 5.89. The highest BCUT2D eigenvalue weighted by Gasteiger charge is 2.20. The van der Waals surface area contributed by atoms with E-state index in [1.54, 1.807) is 6.20 Å². The number of aromatic nitrogens is 2. The lowest BCUT2D eigenvalue weighted by Gasteiger charge is -2.18. The molecule has 0 aliphatic heterocycles. The third-order valence-electron chi connectivity index (χ3n) is 3.89. The Bertz CT molecular complexity index is 534. The first-order valence-corrected chi connectivity index (χ1v) is 7.81. The van der Waals surface area contributed by atoms with Gasteiger partial charge in [-0.1, -0.05) is 33.1 Å². The lowest BCUT2D eigenvalue weighted by atomic mass is 9.98. The van der Waals surface area contributed by atoms with Crippen molar-refractivity contribution < 1.29 is 4.79 Å². The highest BCUT2D eigenvalue weighted by atomic mass is 16.1. The predicted octanol–water partition coefficient (Wildman–Crippen LogP) is 3.15. The van der Waals surface area contributed by atoms with E-state index in [9.17, 15) is 4.79 Å². The van der Waals surface area contributed by atoms with E-state index >= 15 is 0 Å². The van der Waals surface area contributed by atoms with E-state index in [-0.39, 0.29) is 17.5 Å². The van der Waals surface area contributed by atoms with Crippen molar-refractivity contribution in [2.45, 2.75) is 59.4 Å². The minimum atomic E-state index is -0.506. The molecule has 1 aromatic heterocycles. The van der Waals surface area contributed by atoms with Crippen LogP contribution in [-0.4, -0.2) is 27.3 Å². The number of amides is 1. The predicted molar refractivity (Wildman–Crippen MR) is 88.6 cm³/mol. The zero-order valence-electron chi connectivity index (χ0n) is 13.9. The summed E-state index contributed by atoms with van der Waals surface area (Å²) in [6.45, 7) is 7.71. The van der Waals surface area contributed by atoms with Gasteiger partial charge in [0.2, 0.25) is 0 Å². The topological polar surface area (TPSA) is 105 Å². The molecule has 6 heteroatoms. The summed E-state index contributed by atoms with van der Waals surface area (Å²) >= 11 is 0. The van der Waals surface area contributed by atoms with Crippen molar-refractivity contribution in [2.75, 3.05) is 0 Å². The molecule has 4 N–H and O–H groups in total. The average molecular weight is 305 g/mol. The van der Waals surface area contributed by atoms with Gasteiger partial charge in [-0.05, 0) is 26.2 Å². The Hall–Kier alpha value is -1.98. The molecule has 1 rings (SSSR count). The monoisotopic (exact) mass is 305 g/mol. The molecule has 2 atom stereocenters. The fourth-order valence-electron chi connectivity index (χ4n) is 2.20. The maximum absolute atomic E-state index is 12.0. The third-order valence-corrected chi connectivity index (χ3v) is 3.89. The Morgan fingerprint density at radius 3 is 2.59 bits per heavy atom. The fraction of sp³-hybridized carbons (Fsp3) is 0.625. The molecule has 6 nitrogen and oxygen atoms in total. The molecular weight excluding hydrogens is 278 g/mol. The van der Waals surface area contributed by atoms with Gasteiger partial charge in [0.05, 0.1) is 23.6 Å². The van der Waals surface area contributed by atoms with Gasteiger partial charge in [0.15, 0.2) is 0 Å². The van der Waals surface area contributed by atoms with Crippen LogP contribution >= 0.6 is 0 Å². The minimum Gasteiger partial charge on any atom is -0.344 e. The van der Waals surface area contributed by atoms with Gasteiger partial charge in [-0.3, -0.25) is 10.2 Å². The van der Waals surface area contributed by atoms with Crippen LogP contribution in [0.1, 0.15) is 64.0 Å². The largest absolute Gasteiger partial charge is 0.344 e. The van der Waals surface area contributed by atoms with E-state index in [0.717, 1.165) is 37.2 Å². The van der Waals surface area contributed by atoms with E-state index in [0.29, 0.717) is 5.92 Å². The van der Waals surface area contributed by atoms with Gasteiger partial charge in [-0.25, -0.2) is 4.98 Å². The summed E-state index contributed by atoms with van der Waals surface area (Å²) in [7, 11) is 0. The van der Waals surface area contributed by atoms with Crippen molar-refractivity contribution in [1.29, 1.82) is 10.8 Å². The second kappa shape index (κ2) is 8.46. The van der Waals surface area contributed by atoms with Crippen molar-refractivity contribution in [1.82, 2.24) is 15.3 Å². The van der Waals surface area contributed by atoms with E-state index in [2.05, 4.69) is 29.1 Å². The van der Waals surface area contributed by atoms with Gasteiger partial charge in [0.25, 0.3) is 5.91 Å². The van der Waals surface area contributed by atoms with Crippen molar-refractivity contribution in [3.8, 4) is 0 Å². The highest BCUT2D eigenvalue weighted by Crippen LogP contribution is 2.20. The second-order valence-electron chi connectivity index (χ2n) is 5.89. The van der Waals surface area contributed by atoms with Crippen LogP contribution in [0.2, 0.25) is 0 Å². The first-order chi connectivity index (χ1) is 10.3. The van der Waals surface area contributed by atoms with Crippen LogP contribution < -0.4 is 5.32 Å². The number of carbonyl (C=O) groups is 1. The summed E-state index contributed by atoms with van der Waals surface area (Å²) in [5, 5.41) is 17.9. The molecule has 122 valence electrons. The van der Waals surface area contributed by atoms with Crippen LogP contribution in [0.25, 0.3) is 0 Å². The van der Waals surface area contributed by atoms with Crippen LogP contribution in [0.15, 0.2) is 6.20 Å². The zero-order valence-corrected chi connectivity index (χ0v) is 13.9. The molecule has 0 saturated heterocycles. The summed E-state index contributed by atoms with van der Waals surface area (Å²) in [4.78, 5) is 19.4. The first-order valence-electron chi connectivity index (χ1n) is 7.81. The maximum atomic E-state index is 12.0. The lowest BCUT2D eigenvalue weighted by molar-refractivity contribution is -0.115. The zero-order chi connectivity index (χ0) is 16.7. The molecule has 0 radical (unpaired) electrons. The summed E-state index contributed by atoms with van der Waals surface area (Å²) in [5.74, 6) is 0.963. The summed E-state index contributed by atoms with van der Waals surface area (Å²) in [6.07, 6.45) is 5.77. The molecule has 0 aromatic carbocycles.